The lowest BCUT2D eigenvalue weighted by Crippen LogP contribution is -2.41. The van der Waals surface area contributed by atoms with Crippen LogP contribution in [0.2, 0.25) is 0 Å². The molecule has 2 aromatic carbocycles. The average molecular weight is 348 g/mol. The number of amides is 2. The van der Waals surface area contributed by atoms with Crippen LogP contribution in [0.15, 0.2) is 48.5 Å². The average Bonchev–Trinajstić information content (AvgIpc) is 2.80. The van der Waals surface area contributed by atoms with E-state index in [-0.39, 0.29) is 13.0 Å². The number of rotatable bonds is 4. The summed E-state index contributed by atoms with van der Waals surface area (Å²) >= 11 is 0. The zero-order valence-electron chi connectivity index (χ0n) is 13.1. The monoisotopic (exact) mass is 348 g/mol. The van der Waals surface area contributed by atoms with E-state index in [0.717, 1.165) is 17.0 Å². The van der Waals surface area contributed by atoms with Crippen LogP contribution >= 0.6 is 0 Å². The predicted molar refractivity (Wildman–Crippen MR) is 84.9 cm³/mol. The van der Waals surface area contributed by atoms with Crippen LogP contribution in [0.5, 0.6) is 0 Å². The van der Waals surface area contributed by atoms with Crippen molar-refractivity contribution >= 4 is 11.8 Å². The molecular formula is C18H15F3N2O2. The first kappa shape index (κ1) is 17.2. The third kappa shape index (κ3) is 3.41. The first-order valence-corrected chi connectivity index (χ1v) is 7.64. The van der Waals surface area contributed by atoms with Crippen LogP contribution in [0.3, 0.4) is 0 Å². The predicted octanol–water partition coefficient (Wildman–Crippen LogP) is 2.87. The van der Waals surface area contributed by atoms with Crippen LogP contribution in [0.1, 0.15) is 31.8 Å². The van der Waals surface area contributed by atoms with Gasteiger partial charge in [0, 0.05) is 12.6 Å². The lowest BCUT2D eigenvalue weighted by atomic mass is 10.0. The number of nitrogens with two attached hydrogens (primary N) is 1. The number of alkyl halides is 3. The van der Waals surface area contributed by atoms with E-state index in [1.54, 1.807) is 24.3 Å². The Hall–Kier alpha value is -2.67. The van der Waals surface area contributed by atoms with Crippen molar-refractivity contribution in [3.63, 3.8) is 0 Å². The molecule has 130 valence electrons. The first-order chi connectivity index (χ1) is 11.8. The largest absolute Gasteiger partial charge is 0.416 e. The minimum atomic E-state index is -4.39. The van der Waals surface area contributed by atoms with Gasteiger partial charge in [0.2, 0.25) is 0 Å². The number of fused-ring (bicyclic) bond motifs is 1. The molecule has 0 aliphatic carbocycles. The zero-order valence-corrected chi connectivity index (χ0v) is 13.1. The topological polar surface area (TPSA) is 63.4 Å². The van der Waals surface area contributed by atoms with Gasteiger partial charge in [-0.2, -0.15) is 13.2 Å². The van der Waals surface area contributed by atoms with E-state index in [2.05, 4.69) is 0 Å². The van der Waals surface area contributed by atoms with Crippen LogP contribution < -0.4 is 5.73 Å². The maximum Gasteiger partial charge on any atom is 0.416 e. The van der Waals surface area contributed by atoms with Gasteiger partial charge in [-0.1, -0.05) is 24.3 Å². The summed E-state index contributed by atoms with van der Waals surface area (Å²) in [6, 6.07) is 10.6. The van der Waals surface area contributed by atoms with E-state index >= 15 is 0 Å². The summed E-state index contributed by atoms with van der Waals surface area (Å²) in [6.45, 7) is 0.00731. The normalized spacial score (nSPS) is 15.4. The van der Waals surface area contributed by atoms with Gasteiger partial charge in [0.1, 0.15) is 0 Å². The zero-order chi connectivity index (χ0) is 18.2. The highest BCUT2D eigenvalue weighted by atomic mass is 19.4. The fourth-order valence-corrected chi connectivity index (χ4v) is 2.84. The molecule has 0 bridgehead atoms. The number of hydrogen-bond acceptors (Lipinski definition) is 3. The first-order valence-electron chi connectivity index (χ1n) is 7.64. The van der Waals surface area contributed by atoms with Gasteiger partial charge < -0.3 is 5.73 Å². The van der Waals surface area contributed by atoms with Crippen molar-refractivity contribution in [1.29, 1.82) is 0 Å². The van der Waals surface area contributed by atoms with Gasteiger partial charge in [-0.3, -0.25) is 14.5 Å². The van der Waals surface area contributed by atoms with Crippen molar-refractivity contribution in [2.24, 2.45) is 5.73 Å². The maximum absolute atomic E-state index is 12.6. The number of halogens is 3. The molecule has 2 N–H and O–H groups in total. The highest BCUT2D eigenvalue weighted by molar-refractivity contribution is 6.21. The smallest absolute Gasteiger partial charge is 0.326 e. The fraction of sp³-hybridized carbons (Fsp3) is 0.222. The second-order valence-corrected chi connectivity index (χ2v) is 5.93. The lowest BCUT2D eigenvalue weighted by Gasteiger charge is -2.19. The molecule has 0 unspecified atom stereocenters. The summed E-state index contributed by atoms with van der Waals surface area (Å²) in [5, 5.41) is 0. The van der Waals surface area contributed by atoms with Crippen LogP contribution in [-0.2, 0) is 12.6 Å². The van der Waals surface area contributed by atoms with E-state index in [0.29, 0.717) is 16.7 Å². The SMILES string of the molecule is N[C@H](Cc1ccc(C(F)(F)F)cc1)CN1C(=O)c2ccccc2C1=O. The minimum absolute atomic E-state index is 0.00731. The van der Waals surface area contributed by atoms with Crippen molar-refractivity contribution in [2.45, 2.75) is 18.6 Å². The Morgan fingerprint density at radius 1 is 0.920 bits per heavy atom. The van der Waals surface area contributed by atoms with E-state index in [4.69, 9.17) is 5.73 Å². The molecule has 0 radical (unpaired) electrons. The Balaban J connectivity index is 1.67. The lowest BCUT2D eigenvalue weighted by molar-refractivity contribution is -0.137. The standard InChI is InChI=1S/C18H15F3N2O2/c19-18(20,21)12-7-5-11(6-8-12)9-13(22)10-23-16(24)14-3-1-2-4-15(14)17(23)25/h1-8,13H,9-10,22H2/t13-/m1/s1. The molecule has 4 nitrogen and oxygen atoms in total. The Labute approximate surface area is 142 Å². The van der Waals surface area contributed by atoms with E-state index in [9.17, 15) is 22.8 Å². The van der Waals surface area contributed by atoms with Gasteiger partial charge in [0.15, 0.2) is 0 Å². The fourth-order valence-electron chi connectivity index (χ4n) is 2.84. The summed E-state index contributed by atoms with van der Waals surface area (Å²) < 4.78 is 37.7. The van der Waals surface area contributed by atoms with Crippen LogP contribution in [0, 0.1) is 0 Å². The molecule has 2 aromatic rings. The van der Waals surface area contributed by atoms with Gasteiger partial charge in [0.05, 0.1) is 16.7 Å². The summed E-state index contributed by atoms with van der Waals surface area (Å²) in [5.41, 5.74) is 6.56. The van der Waals surface area contributed by atoms with Gasteiger partial charge in [-0.05, 0) is 36.2 Å². The number of carbonyl (C=O) groups excluding carboxylic acids is 2. The van der Waals surface area contributed by atoms with Gasteiger partial charge in [-0.25, -0.2) is 0 Å². The Morgan fingerprint density at radius 2 is 1.44 bits per heavy atom. The number of imide groups is 1. The molecular weight excluding hydrogens is 333 g/mol. The summed E-state index contributed by atoms with van der Waals surface area (Å²) in [5.74, 6) is -0.799. The number of benzene rings is 2. The quantitative estimate of drug-likeness (QED) is 0.864. The van der Waals surface area contributed by atoms with Gasteiger partial charge in [0.25, 0.3) is 11.8 Å². The molecule has 3 rings (SSSR count). The molecule has 2 amide bonds. The molecule has 1 aliphatic rings. The third-order valence-electron chi connectivity index (χ3n) is 4.07. The molecule has 0 aromatic heterocycles. The molecule has 0 saturated heterocycles. The van der Waals surface area contributed by atoms with E-state index < -0.39 is 29.6 Å². The van der Waals surface area contributed by atoms with Crippen molar-refractivity contribution < 1.29 is 22.8 Å². The van der Waals surface area contributed by atoms with Crippen LogP contribution in [0.25, 0.3) is 0 Å². The third-order valence-corrected chi connectivity index (χ3v) is 4.07. The van der Waals surface area contributed by atoms with Crippen molar-refractivity contribution in [1.82, 2.24) is 4.90 Å². The maximum atomic E-state index is 12.6. The minimum Gasteiger partial charge on any atom is -0.326 e. The van der Waals surface area contributed by atoms with Crippen molar-refractivity contribution in [2.75, 3.05) is 6.54 Å². The van der Waals surface area contributed by atoms with Crippen molar-refractivity contribution in [3.05, 3.63) is 70.8 Å². The van der Waals surface area contributed by atoms with E-state index in [1.165, 1.54) is 12.1 Å². The molecule has 1 heterocycles. The summed E-state index contributed by atoms with van der Waals surface area (Å²) in [6.07, 6.45) is -4.13. The Morgan fingerprint density at radius 3 is 1.92 bits per heavy atom. The highest BCUT2D eigenvalue weighted by Crippen LogP contribution is 2.29. The molecule has 0 saturated carbocycles. The summed E-state index contributed by atoms with van der Waals surface area (Å²) in [4.78, 5) is 25.6. The number of carbonyl (C=O) groups is 2. The van der Waals surface area contributed by atoms with Crippen LogP contribution in [-0.4, -0.2) is 29.3 Å². The molecule has 7 heteroatoms. The molecule has 0 fully saturated rings. The second kappa shape index (κ2) is 6.33. The second-order valence-electron chi connectivity index (χ2n) is 5.93. The molecule has 1 atom stereocenters. The number of hydrogen-bond donors (Lipinski definition) is 1. The number of nitrogens with zero attached hydrogens (tertiary/aromatic N) is 1. The van der Waals surface area contributed by atoms with E-state index in [1.807, 2.05) is 0 Å². The Bertz CT molecular complexity index is 781. The molecule has 25 heavy (non-hydrogen) atoms. The van der Waals surface area contributed by atoms with Crippen LogP contribution in [0.4, 0.5) is 13.2 Å². The van der Waals surface area contributed by atoms with Gasteiger partial charge >= 0.3 is 6.18 Å². The van der Waals surface area contributed by atoms with Gasteiger partial charge in [-0.15, -0.1) is 0 Å². The molecule has 0 spiro atoms. The van der Waals surface area contributed by atoms with Crippen molar-refractivity contribution in [3.8, 4) is 0 Å². The molecule has 1 aliphatic heterocycles. The Kier molecular flexibility index (Phi) is 4.34. The summed E-state index contributed by atoms with van der Waals surface area (Å²) in [7, 11) is 0. The highest BCUT2D eigenvalue weighted by Gasteiger charge is 2.35.